The van der Waals surface area contributed by atoms with E-state index in [0.717, 1.165) is 32.8 Å². The maximum atomic E-state index is 6.07. The van der Waals surface area contributed by atoms with E-state index in [1.54, 1.807) is 0 Å². The van der Waals surface area contributed by atoms with E-state index in [-0.39, 0.29) is 0 Å². The van der Waals surface area contributed by atoms with Gasteiger partial charge in [-0.2, -0.15) is 0 Å². The molecule has 0 radical (unpaired) electrons. The molecule has 2 nitrogen and oxygen atoms in total. The number of rotatable bonds is 3. The number of benzene rings is 1. The Bertz CT molecular complexity index is 471. The zero-order valence-electron chi connectivity index (χ0n) is 8.53. The number of aromatic nitrogens is 2. The first kappa shape index (κ1) is 11.8. The van der Waals surface area contributed by atoms with Crippen LogP contribution in [-0.2, 0) is 12.8 Å². The molecule has 82 valence electrons. The van der Waals surface area contributed by atoms with Crippen LogP contribution >= 0.6 is 34.2 Å². The Morgan fingerprint density at radius 2 is 1.75 bits per heavy atom. The molecule has 2 rings (SSSR count). The average molecular weight is 345 g/mol. The van der Waals surface area contributed by atoms with Crippen molar-refractivity contribution in [2.24, 2.45) is 0 Å². The molecule has 0 saturated carbocycles. The van der Waals surface area contributed by atoms with Crippen molar-refractivity contribution < 1.29 is 0 Å². The molecule has 0 atom stereocenters. The highest BCUT2D eigenvalue weighted by Crippen LogP contribution is 2.16. The number of halogens is 2. The molecule has 0 aliphatic heterocycles. The van der Waals surface area contributed by atoms with Crippen molar-refractivity contribution >= 4 is 34.2 Å². The highest BCUT2D eigenvalue weighted by molar-refractivity contribution is 14.1. The molecule has 0 bridgehead atoms. The summed E-state index contributed by atoms with van der Waals surface area (Å²) in [6.07, 6.45) is 5.35. The zero-order chi connectivity index (χ0) is 11.4. The quantitative estimate of drug-likeness (QED) is 0.796. The molecule has 0 aliphatic carbocycles. The molecule has 1 aromatic heterocycles. The van der Waals surface area contributed by atoms with Crippen LogP contribution < -0.4 is 0 Å². The summed E-state index contributed by atoms with van der Waals surface area (Å²) in [7, 11) is 0. The minimum Gasteiger partial charge on any atom is -0.240 e. The van der Waals surface area contributed by atoms with Gasteiger partial charge in [-0.05, 0) is 40.6 Å². The normalized spacial score (nSPS) is 10.4. The third-order valence-electron chi connectivity index (χ3n) is 2.25. The molecule has 0 N–H and O–H groups in total. The van der Waals surface area contributed by atoms with Gasteiger partial charge in [0, 0.05) is 27.4 Å². The standard InChI is InChI=1S/C12H10ClIN2/c13-11-4-2-1-3-9(11)5-6-12-15-7-10(14)8-16-12/h1-4,7-8H,5-6H2. The van der Waals surface area contributed by atoms with Crippen molar-refractivity contribution in [1.29, 1.82) is 0 Å². The van der Waals surface area contributed by atoms with Crippen LogP contribution in [0.4, 0.5) is 0 Å². The Labute approximate surface area is 113 Å². The van der Waals surface area contributed by atoms with E-state index < -0.39 is 0 Å². The molecule has 2 aromatic rings. The van der Waals surface area contributed by atoms with Gasteiger partial charge < -0.3 is 0 Å². The molecule has 0 amide bonds. The van der Waals surface area contributed by atoms with Crippen molar-refractivity contribution in [2.45, 2.75) is 12.8 Å². The monoisotopic (exact) mass is 344 g/mol. The topological polar surface area (TPSA) is 25.8 Å². The lowest BCUT2D eigenvalue weighted by molar-refractivity contribution is 0.855. The largest absolute Gasteiger partial charge is 0.240 e. The van der Waals surface area contributed by atoms with Crippen LogP contribution in [-0.4, -0.2) is 9.97 Å². The summed E-state index contributed by atoms with van der Waals surface area (Å²) >= 11 is 8.27. The fourth-order valence-corrected chi connectivity index (χ4v) is 1.92. The molecular weight excluding hydrogens is 335 g/mol. The fourth-order valence-electron chi connectivity index (χ4n) is 1.42. The molecule has 16 heavy (non-hydrogen) atoms. The summed E-state index contributed by atoms with van der Waals surface area (Å²) in [5, 5.41) is 0.813. The molecule has 0 saturated heterocycles. The molecule has 0 spiro atoms. The second-order valence-corrected chi connectivity index (χ2v) is 5.06. The van der Waals surface area contributed by atoms with Gasteiger partial charge in [0.1, 0.15) is 5.82 Å². The van der Waals surface area contributed by atoms with Crippen molar-refractivity contribution in [3.63, 3.8) is 0 Å². The fraction of sp³-hybridized carbons (Fsp3) is 0.167. The van der Waals surface area contributed by atoms with Crippen molar-refractivity contribution in [3.8, 4) is 0 Å². The lowest BCUT2D eigenvalue weighted by Crippen LogP contribution is -1.98. The second kappa shape index (κ2) is 5.59. The minimum absolute atomic E-state index is 0.813. The Balaban J connectivity index is 2.02. The van der Waals surface area contributed by atoms with Crippen LogP contribution in [0.3, 0.4) is 0 Å². The lowest BCUT2D eigenvalue weighted by atomic mass is 10.1. The van der Waals surface area contributed by atoms with E-state index in [1.807, 2.05) is 36.7 Å². The minimum atomic E-state index is 0.813. The number of hydrogen-bond donors (Lipinski definition) is 0. The third kappa shape index (κ3) is 3.15. The van der Waals surface area contributed by atoms with Crippen LogP contribution in [0.15, 0.2) is 36.7 Å². The average Bonchev–Trinajstić information content (AvgIpc) is 2.30. The van der Waals surface area contributed by atoms with E-state index in [0.29, 0.717) is 0 Å². The lowest BCUT2D eigenvalue weighted by Gasteiger charge is -2.03. The maximum Gasteiger partial charge on any atom is 0.128 e. The molecular formula is C12H10ClIN2. The number of hydrogen-bond acceptors (Lipinski definition) is 2. The van der Waals surface area contributed by atoms with E-state index in [1.165, 1.54) is 0 Å². The van der Waals surface area contributed by atoms with E-state index in [4.69, 9.17) is 11.6 Å². The predicted octanol–water partition coefficient (Wildman–Crippen LogP) is 3.52. The van der Waals surface area contributed by atoms with Gasteiger partial charge >= 0.3 is 0 Å². The van der Waals surface area contributed by atoms with Crippen molar-refractivity contribution in [3.05, 3.63) is 56.6 Å². The molecule has 1 heterocycles. The van der Waals surface area contributed by atoms with Crippen molar-refractivity contribution in [2.75, 3.05) is 0 Å². The van der Waals surface area contributed by atoms with Crippen LogP contribution in [0.1, 0.15) is 11.4 Å². The Morgan fingerprint density at radius 1 is 1.06 bits per heavy atom. The van der Waals surface area contributed by atoms with Gasteiger partial charge in [-0.3, -0.25) is 0 Å². The van der Waals surface area contributed by atoms with Gasteiger partial charge in [0.25, 0.3) is 0 Å². The molecule has 1 aromatic carbocycles. The van der Waals surface area contributed by atoms with Gasteiger partial charge in [0.2, 0.25) is 0 Å². The first-order chi connectivity index (χ1) is 7.75. The van der Waals surface area contributed by atoms with Gasteiger partial charge in [-0.1, -0.05) is 29.8 Å². The zero-order valence-corrected chi connectivity index (χ0v) is 11.4. The van der Waals surface area contributed by atoms with Crippen LogP contribution in [0, 0.1) is 3.57 Å². The summed E-state index contributed by atoms with van der Waals surface area (Å²) in [4.78, 5) is 8.52. The van der Waals surface area contributed by atoms with E-state index in [2.05, 4.69) is 32.6 Å². The number of aryl methyl sites for hydroxylation is 2. The highest BCUT2D eigenvalue weighted by Gasteiger charge is 2.01. The summed E-state index contributed by atoms with van der Waals surface area (Å²) in [5.41, 5.74) is 1.14. The molecule has 0 fully saturated rings. The van der Waals surface area contributed by atoms with Crippen LogP contribution in [0.5, 0.6) is 0 Å². The molecule has 4 heteroatoms. The van der Waals surface area contributed by atoms with Gasteiger partial charge in [-0.25, -0.2) is 9.97 Å². The first-order valence-electron chi connectivity index (χ1n) is 4.95. The summed E-state index contributed by atoms with van der Waals surface area (Å²) in [6.45, 7) is 0. The Kier molecular flexibility index (Phi) is 4.12. The van der Waals surface area contributed by atoms with E-state index in [9.17, 15) is 0 Å². The van der Waals surface area contributed by atoms with Crippen LogP contribution in [0.25, 0.3) is 0 Å². The van der Waals surface area contributed by atoms with Gasteiger partial charge in [-0.15, -0.1) is 0 Å². The number of nitrogens with zero attached hydrogens (tertiary/aromatic N) is 2. The van der Waals surface area contributed by atoms with Gasteiger partial charge in [0.05, 0.1) is 0 Å². The highest BCUT2D eigenvalue weighted by atomic mass is 127. The second-order valence-electron chi connectivity index (χ2n) is 3.41. The predicted molar refractivity (Wildman–Crippen MR) is 73.6 cm³/mol. The van der Waals surface area contributed by atoms with Crippen molar-refractivity contribution in [1.82, 2.24) is 9.97 Å². The summed E-state index contributed by atoms with van der Waals surface area (Å²) in [6, 6.07) is 7.88. The maximum absolute atomic E-state index is 6.07. The SMILES string of the molecule is Clc1ccccc1CCc1ncc(I)cn1. The Morgan fingerprint density at radius 3 is 2.44 bits per heavy atom. The third-order valence-corrected chi connectivity index (χ3v) is 3.18. The molecule has 0 aliphatic rings. The summed E-state index contributed by atoms with van der Waals surface area (Å²) in [5.74, 6) is 0.861. The smallest absolute Gasteiger partial charge is 0.128 e. The van der Waals surface area contributed by atoms with Crippen LogP contribution in [0.2, 0.25) is 5.02 Å². The molecule has 0 unspecified atom stereocenters. The van der Waals surface area contributed by atoms with E-state index >= 15 is 0 Å². The van der Waals surface area contributed by atoms with Gasteiger partial charge in [0.15, 0.2) is 0 Å². The first-order valence-corrected chi connectivity index (χ1v) is 6.41. The summed E-state index contributed by atoms with van der Waals surface area (Å²) < 4.78 is 1.05. The Hall–Kier alpha value is -0.680.